The van der Waals surface area contributed by atoms with Crippen LogP contribution in [0.25, 0.3) is 0 Å². The molecule has 1 aromatic carbocycles. The van der Waals surface area contributed by atoms with Crippen LogP contribution in [0.2, 0.25) is 0 Å². The van der Waals surface area contributed by atoms with Crippen LogP contribution in [-0.4, -0.2) is 12.2 Å². The third kappa shape index (κ3) is 6.96. The predicted molar refractivity (Wildman–Crippen MR) is 97.5 cm³/mol. The SMILES string of the molecule is CCCCCCCCC(c1ccccc1)C(C)(C)OCCC. The van der Waals surface area contributed by atoms with Crippen molar-refractivity contribution in [1.29, 1.82) is 0 Å². The van der Waals surface area contributed by atoms with Gasteiger partial charge in [0.2, 0.25) is 0 Å². The summed E-state index contributed by atoms with van der Waals surface area (Å²) in [5.74, 6) is 0.492. The number of unbranched alkanes of at least 4 members (excludes halogenated alkanes) is 5. The fourth-order valence-corrected chi connectivity index (χ4v) is 3.20. The van der Waals surface area contributed by atoms with Gasteiger partial charge in [-0.05, 0) is 32.3 Å². The molecule has 0 heterocycles. The second kappa shape index (κ2) is 10.8. The third-order valence-electron chi connectivity index (χ3n) is 4.57. The highest BCUT2D eigenvalue weighted by molar-refractivity contribution is 5.22. The van der Waals surface area contributed by atoms with E-state index >= 15 is 0 Å². The molecule has 126 valence electrons. The van der Waals surface area contributed by atoms with Gasteiger partial charge in [-0.15, -0.1) is 0 Å². The van der Waals surface area contributed by atoms with Gasteiger partial charge < -0.3 is 4.74 Å². The molecule has 0 saturated carbocycles. The molecule has 1 aromatic rings. The van der Waals surface area contributed by atoms with E-state index in [-0.39, 0.29) is 5.60 Å². The number of hydrogen-bond donors (Lipinski definition) is 0. The summed E-state index contributed by atoms with van der Waals surface area (Å²) >= 11 is 0. The highest BCUT2D eigenvalue weighted by atomic mass is 16.5. The van der Waals surface area contributed by atoms with Crippen LogP contribution >= 0.6 is 0 Å². The minimum Gasteiger partial charge on any atom is -0.375 e. The lowest BCUT2D eigenvalue weighted by atomic mass is 9.80. The molecule has 0 spiro atoms. The molecule has 0 radical (unpaired) electrons. The van der Waals surface area contributed by atoms with Crippen molar-refractivity contribution in [2.75, 3.05) is 6.61 Å². The smallest absolute Gasteiger partial charge is 0.0694 e. The maximum Gasteiger partial charge on any atom is 0.0694 e. The summed E-state index contributed by atoms with van der Waals surface area (Å²) in [6, 6.07) is 10.9. The molecule has 0 aliphatic heterocycles. The highest BCUT2D eigenvalue weighted by Gasteiger charge is 2.30. The molecule has 1 nitrogen and oxygen atoms in total. The van der Waals surface area contributed by atoms with Gasteiger partial charge in [0, 0.05) is 12.5 Å². The molecular weight excluding hydrogens is 268 g/mol. The van der Waals surface area contributed by atoms with Gasteiger partial charge >= 0.3 is 0 Å². The van der Waals surface area contributed by atoms with Crippen LogP contribution in [0.15, 0.2) is 30.3 Å². The first-order chi connectivity index (χ1) is 10.6. The molecule has 1 unspecified atom stereocenters. The minimum atomic E-state index is -0.0826. The topological polar surface area (TPSA) is 9.23 Å². The summed E-state index contributed by atoms with van der Waals surface area (Å²) in [4.78, 5) is 0. The monoisotopic (exact) mass is 304 g/mol. The molecule has 0 saturated heterocycles. The standard InChI is InChI=1S/C21H36O/c1-5-7-8-9-10-14-17-20(19-15-12-11-13-16-19)21(3,4)22-18-6-2/h11-13,15-16,20H,5-10,14,17-18H2,1-4H3. The first-order valence-corrected chi connectivity index (χ1v) is 9.30. The van der Waals surface area contributed by atoms with Crippen LogP contribution < -0.4 is 0 Å². The minimum absolute atomic E-state index is 0.0826. The Balaban J connectivity index is 2.59. The second-order valence-corrected chi connectivity index (χ2v) is 6.97. The summed E-state index contributed by atoms with van der Waals surface area (Å²) in [5, 5.41) is 0. The van der Waals surface area contributed by atoms with Gasteiger partial charge in [0.1, 0.15) is 0 Å². The zero-order valence-corrected chi connectivity index (χ0v) is 15.2. The van der Waals surface area contributed by atoms with Crippen molar-refractivity contribution in [2.45, 2.75) is 90.6 Å². The van der Waals surface area contributed by atoms with Crippen molar-refractivity contribution in [1.82, 2.24) is 0 Å². The van der Waals surface area contributed by atoms with E-state index in [2.05, 4.69) is 58.0 Å². The fourth-order valence-electron chi connectivity index (χ4n) is 3.20. The van der Waals surface area contributed by atoms with Gasteiger partial charge in [-0.1, -0.05) is 82.7 Å². The summed E-state index contributed by atoms with van der Waals surface area (Å²) in [5.41, 5.74) is 1.35. The molecule has 22 heavy (non-hydrogen) atoms. The first-order valence-electron chi connectivity index (χ1n) is 9.30. The predicted octanol–water partition coefficient (Wildman–Crippen LogP) is 6.73. The molecule has 0 aliphatic rings. The number of rotatable bonds is 12. The molecular formula is C21H36O. The molecule has 1 rings (SSSR count). The molecule has 0 fully saturated rings. The maximum atomic E-state index is 6.19. The van der Waals surface area contributed by atoms with E-state index < -0.39 is 0 Å². The van der Waals surface area contributed by atoms with Gasteiger partial charge in [-0.25, -0.2) is 0 Å². The van der Waals surface area contributed by atoms with Gasteiger partial charge in [0.05, 0.1) is 5.60 Å². The summed E-state index contributed by atoms with van der Waals surface area (Å²) < 4.78 is 6.19. The molecule has 0 aromatic heterocycles. The average molecular weight is 305 g/mol. The third-order valence-corrected chi connectivity index (χ3v) is 4.57. The van der Waals surface area contributed by atoms with E-state index in [1.807, 2.05) is 0 Å². The van der Waals surface area contributed by atoms with Crippen LogP contribution in [0.5, 0.6) is 0 Å². The Morgan fingerprint density at radius 1 is 0.864 bits per heavy atom. The largest absolute Gasteiger partial charge is 0.375 e. The Labute approximate surface area is 138 Å². The quantitative estimate of drug-likeness (QED) is 0.389. The van der Waals surface area contributed by atoms with Gasteiger partial charge in [-0.2, -0.15) is 0 Å². The summed E-state index contributed by atoms with van der Waals surface area (Å²) in [7, 11) is 0. The zero-order valence-electron chi connectivity index (χ0n) is 15.2. The van der Waals surface area contributed by atoms with Crippen molar-refractivity contribution in [3.63, 3.8) is 0 Å². The van der Waals surface area contributed by atoms with E-state index in [1.165, 1.54) is 50.5 Å². The van der Waals surface area contributed by atoms with Crippen LogP contribution in [0, 0.1) is 0 Å². The zero-order chi connectivity index (χ0) is 16.3. The summed E-state index contributed by atoms with van der Waals surface area (Å²) in [6.07, 6.45) is 10.5. The number of hydrogen-bond acceptors (Lipinski definition) is 1. The first kappa shape index (κ1) is 19.2. The van der Waals surface area contributed by atoms with Crippen LogP contribution in [0.3, 0.4) is 0 Å². The summed E-state index contributed by atoms with van der Waals surface area (Å²) in [6.45, 7) is 9.84. The Hall–Kier alpha value is -0.820. The Kier molecular flexibility index (Phi) is 9.47. The van der Waals surface area contributed by atoms with Gasteiger partial charge in [0.25, 0.3) is 0 Å². The number of benzene rings is 1. The highest BCUT2D eigenvalue weighted by Crippen LogP contribution is 2.35. The van der Waals surface area contributed by atoms with Crippen molar-refractivity contribution >= 4 is 0 Å². The maximum absolute atomic E-state index is 6.19. The Morgan fingerprint density at radius 2 is 1.50 bits per heavy atom. The van der Waals surface area contributed by atoms with Crippen LogP contribution in [0.4, 0.5) is 0 Å². The lowest BCUT2D eigenvalue weighted by molar-refractivity contribution is -0.0397. The van der Waals surface area contributed by atoms with E-state index in [1.54, 1.807) is 0 Å². The molecule has 0 bridgehead atoms. The van der Waals surface area contributed by atoms with Crippen molar-refractivity contribution in [3.05, 3.63) is 35.9 Å². The normalized spacial score (nSPS) is 13.3. The lowest BCUT2D eigenvalue weighted by Crippen LogP contribution is -2.33. The molecule has 0 aliphatic carbocycles. The Bertz CT molecular complexity index is 369. The van der Waals surface area contributed by atoms with Crippen LogP contribution in [-0.2, 0) is 4.74 Å². The van der Waals surface area contributed by atoms with E-state index in [0.29, 0.717) is 5.92 Å². The molecule has 0 N–H and O–H groups in total. The molecule has 1 heteroatoms. The number of ether oxygens (including phenoxy) is 1. The fraction of sp³-hybridized carbons (Fsp3) is 0.714. The average Bonchev–Trinajstić information content (AvgIpc) is 2.53. The van der Waals surface area contributed by atoms with E-state index in [0.717, 1.165) is 13.0 Å². The van der Waals surface area contributed by atoms with Crippen molar-refractivity contribution in [3.8, 4) is 0 Å². The Morgan fingerprint density at radius 3 is 2.14 bits per heavy atom. The molecule has 1 atom stereocenters. The van der Waals surface area contributed by atoms with E-state index in [4.69, 9.17) is 4.74 Å². The van der Waals surface area contributed by atoms with Gasteiger partial charge in [-0.3, -0.25) is 0 Å². The molecule has 0 amide bonds. The van der Waals surface area contributed by atoms with Crippen molar-refractivity contribution < 1.29 is 4.74 Å². The van der Waals surface area contributed by atoms with Gasteiger partial charge in [0.15, 0.2) is 0 Å². The van der Waals surface area contributed by atoms with Crippen LogP contribution in [0.1, 0.15) is 90.5 Å². The second-order valence-electron chi connectivity index (χ2n) is 6.97. The van der Waals surface area contributed by atoms with E-state index in [9.17, 15) is 0 Å². The lowest BCUT2D eigenvalue weighted by Gasteiger charge is -2.35. The van der Waals surface area contributed by atoms with Crippen molar-refractivity contribution in [2.24, 2.45) is 0 Å².